The van der Waals surface area contributed by atoms with E-state index < -0.39 is 8.32 Å². The molecule has 2 fully saturated rings. The van der Waals surface area contributed by atoms with Crippen molar-refractivity contribution in [3.05, 3.63) is 65.9 Å². The van der Waals surface area contributed by atoms with Gasteiger partial charge in [0.15, 0.2) is 0 Å². The van der Waals surface area contributed by atoms with Crippen LogP contribution in [0.3, 0.4) is 0 Å². The Morgan fingerprint density at radius 1 is 0.700 bits per heavy atom. The Labute approximate surface area is 244 Å². The molecular formula is C34H53NO4Si. The molecule has 0 bridgehead atoms. The molecule has 0 N–H and O–H groups in total. The third kappa shape index (κ3) is 9.50. The molecule has 2 saturated heterocycles. The van der Waals surface area contributed by atoms with E-state index in [1.54, 1.807) is 0 Å². The van der Waals surface area contributed by atoms with Gasteiger partial charge in [0.1, 0.15) is 0 Å². The first-order valence-corrected chi connectivity index (χ1v) is 17.8. The third-order valence-corrected chi connectivity index (χ3v) is 13.7. The molecule has 0 saturated carbocycles. The van der Waals surface area contributed by atoms with Crippen LogP contribution in [0.25, 0.3) is 0 Å². The van der Waals surface area contributed by atoms with Gasteiger partial charge in [0.2, 0.25) is 0 Å². The number of unbranched alkanes of at least 4 members (excludes halogenated alkanes) is 5. The summed E-state index contributed by atoms with van der Waals surface area (Å²) < 4.78 is 17.7. The van der Waals surface area contributed by atoms with E-state index in [0.717, 1.165) is 77.7 Å². The minimum atomic E-state index is -2.52. The number of ether oxygens (including phenoxy) is 2. The summed E-state index contributed by atoms with van der Waals surface area (Å²) in [5.74, 6) is 0. The molecule has 0 aromatic heterocycles. The van der Waals surface area contributed by atoms with E-state index in [0.29, 0.717) is 25.4 Å². The Bertz CT molecular complexity index is 911. The van der Waals surface area contributed by atoms with Crippen molar-refractivity contribution >= 4 is 18.7 Å². The minimum Gasteiger partial charge on any atom is -0.633 e. The maximum absolute atomic E-state index is 13.9. The van der Waals surface area contributed by atoms with Crippen molar-refractivity contribution in [3.8, 4) is 0 Å². The zero-order chi connectivity index (χ0) is 28.3. The van der Waals surface area contributed by atoms with Crippen LogP contribution in [-0.4, -0.2) is 64.6 Å². The third-order valence-electron chi connectivity index (χ3n) is 8.68. The van der Waals surface area contributed by atoms with Gasteiger partial charge < -0.3 is 23.8 Å². The van der Waals surface area contributed by atoms with E-state index >= 15 is 0 Å². The van der Waals surface area contributed by atoms with E-state index in [-0.39, 0.29) is 9.68 Å². The zero-order valence-electron chi connectivity index (χ0n) is 25.3. The maximum Gasteiger partial charge on any atom is 0.261 e. The summed E-state index contributed by atoms with van der Waals surface area (Å²) in [7, 11) is -2.52. The summed E-state index contributed by atoms with van der Waals surface area (Å²) in [6, 6.07) is 21.7. The van der Waals surface area contributed by atoms with Gasteiger partial charge in [-0.15, -0.1) is 0 Å². The van der Waals surface area contributed by atoms with Crippen molar-refractivity contribution in [2.45, 2.75) is 102 Å². The first kappa shape index (κ1) is 31.4. The highest BCUT2D eigenvalue weighted by atomic mass is 28.4. The number of nitrogens with zero attached hydrogens (tertiary/aromatic N) is 1. The predicted molar refractivity (Wildman–Crippen MR) is 167 cm³/mol. The SMILES string of the molecule is CC(C)(C)[Si](OCCCC[N+]([O-])(CCCCCC1CO1)CCCCCC1CO1)(c1ccccc1)c1ccccc1. The monoisotopic (exact) mass is 567 g/mol. The van der Waals surface area contributed by atoms with Crippen LogP contribution in [0.4, 0.5) is 0 Å². The molecule has 2 heterocycles. The van der Waals surface area contributed by atoms with Gasteiger partial charge in [0.05, 0.1) is 45.1 Å². The van der Waals surface area contributed by atoms with Crippen LogP contribution >= 0.6 is 0 Å². The molecule has 2 aromatic rings. The highest BCUT2D eigenvalue weighted by Gasteiger charge is 2.49. The molecule has 0 spiro atoms. The highest BCUT2D eigenvalue weighted by molar-refractivity contribution is 6.99. The number of rotatable bonds is 20. The molecule has 222 valence electrons. The van der Waals surface area contributed by atoms with Crippen molar-refractivity contribution in [2.24, 2.45) is 0 Å². The van der Waals surface area contributed by atoms with Crippen LogP contribution in [0.15, 0.2) is 60.7 Å². The van der Waals surface area contributed by atoms with Gasteiger partial charge in [-0.2, -0.15) is 0 Å². The van der Waals surface area contributed by atoms with Gasteiger partial charge in [-0.3, -0.25) is 0 Å². The lowest BCUT2D eigenvalue weighted by molar-refractivity contribution is -0.881. The topological polar surface area (TPSA) is 57.4 Å². The molecule has 2 aliphatic rings. The van der Waals surface area contributed by atoms with Gasteiger partial charge in [-0.05, 0) is 66.8 Å². The van der Waals surface area contributed by atoms with Crippen molar-refractivity contribution in [3.63, 3.8) is 0 Å². The molecule has 40 heavy (non-hydrogen) atoms. The maximum atomic E-state index is 13.9. The normalized spacial score (nSPS) is 20.3. The molecule has 2 aromatic carbocycles. The fourth-order valence-electron chi connectivity index (χ4n) is 6.19. The first-order valence-electron chi connectivity index (χ1n) is 15.9. The number of quaternary nitrogens is 1. The van der Waals surface area contributed by atoms with Crippen molar-refractivity contribution in [2.75, 3.05) is 39.5 Å². The lowest BCUT2D eigenvalue weighted by Gasteiger charge is -2.44. The van der Waals surface area contributed by atoms with Crippen molar-refractivity contribution < 1.29 is 18.5 Å². The average molecular weight is 568 g/mol. The van der Waals surface area contributed by atoms with Gasteiger partial charge in [-0.1, -0.05) is 94.3 Å². The van der Waals surface area contributed by atoms with E-state index in [9.17, 15) is 5.21 Å². The Morgan fingerprint density at radius 2 is 1.12 bits per heavy atom. The molecule has 0 amide bonds. The summed E-state index contributed by atoms with van der Waals surface area (Å²) in [4.78, 5) is 0. The molecule has 2 aliphatic heterocycles. The smallest absolute Gasteiger partial charge is 0.261 e. The standard InChI is InChI=1S/C34H53NO4Si/c1-34(2,3)40(32-20-10-4-11-21-32,33-22-12-5-13-23-33)39-27-17-16-26-35(36,24-14-6-8-18-30-28-37-30)25-15-7-9-19-31-29-38-31/h4-5,10-13,20-23,30-31H,6-9,14-19,24-29H2,1-3H3. The van der Waals surface area contributed by atoms with Crippen LogP contribution in [0.2, 0.25) is 5.04 Å². The van der Waals surface area contributed by atoms with Crippen LogP contribution in [0.5, 0.6) is 0 Å². The van der Waals surface area contributed by atoms with Gasteiger partial charge in [-0.25, -0.2) is 0 Å². The Balaban J connectivity index is 1.32. The second-order valence-corrected chi connectivity index (χ2v) is 17.4. The molecule has 5 nitrogen and oxygen atoms in total. The Morgan fingerprint density at radius 3 is 1.52 bits per heavy atom. The van der Waals surface area contributed by atoms with Crippen LogP contribution in [-0.2, 0) is 13.9 Å². The average Bonchev–Trinajstić information content (AvgIpc) is 3.87. The summed E-state index contributed by atoms with van der Waals surface area (Å²) in [5.41, 5.74) is 0. The fraction of sp³-hybridized carbons (Fsp3) is 0.647. The molecule has 2 unspecified atom stereocenters. The van der Waals surface area contributed by atoms with Crippen molar-refractivity contribution in [1.29, 1.82) is 0 Å². The Kier molecular flexibility index (Phi) is 11.8. The summed E-state index contributed by atoms with van der Waals surface area (Å²) in [6.45, 7) is 11.7. The number of benzene rings is 2. The van der Waals surface area contributed by atoms with Crippen LogP contribution in [0.1, 0.15) is 85.0 Å². The van der Waals surface area contributed by atoms with E-state index in [1.165, 1.54) is 23.2 Å². The van der Waals surface area contributed by atoms with Gasteiger partial charge in [0.25, 0.3) is 8.32 Å². The van der Waals surface area contributed by atoms with Crippen LogP contribution < -0.4 is 10.4 Å². The lowest BCUT2D eigenvalue weighted by Crippen LogP contribution is -2.66. The number of hydrogen-bond donors (Lipinski definition) is 0. The summed E-state index contributed by atoms with van der Waals surface area (Å²) in [6.07, 6.45) is 11.8. The van der Waals surface area contributed by atoms with Crippen molar-refractivity contribution in [1.82, 2.24) is 0 Å². The summed E-state index contributed by atoms with van der Waals surface area (Å²) >= 11 is 0. The van der Waals surface area contributed by atoms with Crippen LogP contribution in [0, 0.1) is 5.21 Å². The molecule has 6 heteroatoms. The van der Waals surface area contributed by atoms with Gasteiger partial charge >= 0.3 is 0 Å². The van der Waals surface area contributed by atoms with Gasteiger partial charge in [0, 0.05) is 6.61 Å². The predicted octanol–water partition coefficient (Wildman–Crippen LogP) is 6.58. The van der Waals surface area contributed by atoms with E-state index in [1.807, 2.05) is 0 Å². The number of epoxide rings is 2. The second kappa shape index (κ2) is 15.1. The first-order chi connectivity index (χ1) is 19.3. The number of hydrogen-bond acceptors (Lipinski definition) is 4. The zero-order valence-corrected chi connectivity index (χ0v) is 26.3. The molecule has 2 atom stereocenters. The Hall–Kier alpha value is -1.54. The minimum absolute atomic E-state index is 0.0227. The number of hydroxylamine groups is 3. The molecular weight excluding hydrogens is 514 g/mol. The fourth-order valence-corrected chi connectivity index (χ4v) is 10.8. The second-order valence-electron chi connectivity index (χ2n) is 13.1. The quantitative estimate of drug-likeness (QED) is 0.0597. The molecule has 0 radical (unpaired) electrons. The highest BCUT2D eigenvalue weighted by Crippen LogP contribution is 2.37. The van der Waals surface area contributed by atoms with E-state index in [2.05, 4.69) is 81.4 Å². The van der Waals surface area contributed by atoms with E-state index in [4.69, 9.17) is 13.9 Å². The lowest BCUT2D eigenvalue weighted by atomic mass is 10.1. The molecule has 4 rings (SSSR count). The largest absolute Gasteiger partial charge is 0.633 e. The summed E-state index contributed by atoms with van der Waals surface area (Å²) in [5, 5.41) is 16.5. The molecule has 0 aliphatic carbocycles.